The van der Waals surface area contributed by atoms with E-state index in [-0.39, 0.29) is 32.0 Å². The Morgan fingerprint density at radius 2 is 0.851 bits per heavy atom. The summed E-state index contributed by atoms with van der Waals surface area (Å²) in [4.78, 5) is 35.6. The molecule has 0 bridgehead atoms. The number of allylic oxidation sites excluding steroid dienone is 14. The van der Waals surface area contributed by atoms with E-state index in [1.165, 1.54) is 96.3 Å². The van der Waals surface area contributed by atoms with E-state index in [2.05, 4.69) is 98.9 Å². The molecule has 0 radical (unpaired) electrons. The third-order valence-electron chi connectivity index (χ3n) is 11.2. The molecule has 9 nitrogen and oxygen atoms in total. The smallest absolute Gasteiger partial charge is 0.462 e. The molecule has 0 heterocycles. The van der Waals surface area contributed by atoms with E-state index in [0.29, 0.717) is 17.4 Å². The summed E-state index contributed by atoms with van der Waals surface area (Å²) in [5.41, 5.74) is 0. The van der Waals surface area contributed by atoms with E-state index >= 15 is 0 Å². The number of ether oxygens (including phenoxy) is 2. The normalized spacial score (nSPS) is 14.1. The summed E-state index contributed by atoms with van der Waals surface area (Å²) in [6.45, 7) is 4.28. The van der Waals surface area contributed by atoms with Crippen molar-refractivity contribution in [3.05, 3.63) is 85.1 Å². The number of esters is 2. The van der Waals surface area contributed by atoms with Crippen molar-refractivity contribution in [3.63, 3.8) is 0 Å². The number of carbonyl (C=O) groups is 2. The lowest BCUT2D eigenvalue weighted by Gasteiger charge is -2.24. The second kappa shape index (κ2) is 48.2. The Balaban J connectivity index is 4.32. The Morgan fingerprint density at radius 3 is 1.27 bits per heavy atom. The van der Waals surface area contributed by atoms with Crippen LogP contribution in [0.5, 0.6) is 0 Å². The molecule has 1 N–H and O–H groups in total. The number of rotatable bonds is 48. The molecule has 0 fully saturated rings. The van der Waals surface area contributed by atoms with Crippen molar-refractivity contribution >= 4 is 19.8 Å². The van der Waals surface area contributed by atoms with Gasteiger partial charge < -0.3 is 18.9 Å². The first-order valence-electron chi connectivity index (χ1n) is 26.8. The molecule has 0 saturated carbocycles. The minimum absolute atomic E-state index is 0.0216. The van der Waals surface area contributed by atoms with Gasteiger partial charge >= 0.3 is 19.8 Å². The van der Waals surface area contributed by atoms with Gasteiger partial charge in [0.15, 0.2) is 6.10 Å². The number of unbranched alkanes of at least 4 members (excludes halogenated alkanes) is 20. The SMILES string of the molecule is CC/C=C\C/C=C\C/C=C\C/C=C\C/C=C\C/C=C\C/C=C\CCCCCC(=O)OC(COC(=O)CCCCCCCCCCCCCCCCCCCC)COP(=O)(O)OCC[N+](C)(C)C. The lowest BCUT2D eigenvalue weighted by atomic mass is 10.0. The Hall–Kier alpha value is -2.81. The van der Waals surface area contributed by atoms with Crippen molar-refractivity contribution in [1.29, 1.82) is 0 Å². The van der Waals surface area contributed by atoms with E-state index in [4.69, 9.17) is 18.5 Å². The van der Waals surface area contributed by atoms with E-state index in [0.717, 1.165) is 83.5 Å². The van der Waals surface area contributed by atoms with Gasteiger partial charge in [0.05, 0.1) is 27.7 Å². The quantitative estimate of drug-likeness (QED) is 0.0211. The number of quaternary nitrogens is 1. The predicted octanol–water partition coefficient (Wildman–Crippen LogP) is 16.3. The monoisotopic (exact) mass is 959 g/mol. The maximum atomic E-state index is 12.8. The van der Waals surface area contributed by atoms with Crippen molar-refractivity contribution in [2.45, 2.75) is 219 Å². The van der Waals surface area contributed by atoms with E-state index in [9.17, 15) is 19.0 Å². The van der Waals surface area contributed by atoms with E-state index in [1.54, 1.807) is 0 Å². The van der Waals surface area contributed by atoms with Crippen LogP contribution in [-0.2, 0) is 32.7 Å². The maximum absolute atomic E-state index is 12.8. The molecule has 0 aromatic rings. The predicted molar refractivity (Wildman–Crippen MR) is 284 cm³/mol. The van der Waals surface area contributed by atoms with Gasteiger partial charge in [0.1, 0.15) is 19.8 Å². The molecule has 67 heavy (non-hydrogen) atoms. The highest BCUT2D eigenvalue weighted by Crippen LogP contribution is 2.43. The fraction of sp³-hybridized carbons (Fsp3) is 0.719. The number of carbonyl (C=O) groups excluding carboxylic acids is 2. The first-order chi connectivity index (χ1) is 32.5. The Bertz CT molecular complexity index is 1410. The second-order valence-electron chi connectivity index (χ2n) is 18.9. The first-order valence-corrected chi connectivity index (χ1v) is 28.3. The van der Waals surface area contributed by atoms with Crippen molar-refractivity contribution in [2.24, 2.45) is 0 Å². The summed E-state index contributed by atoms with van der Waals surface area (Å²) in [6, 6.07) is 0. The van der Waals surface area contributed by atoms with Crippen LogP contribution in [0, 0.1) is 0 Å². The zero-order valence-corrected chi connectivity index (χ0v) is 44.5. The van der Waals surface area contributed by atoms with Crippen LogP contribution < -0.4 is 0 Å². The Labute approximate surface area is 411 Å². The molecule has 0 aromatic heterocycles. The van der Waals surface area contributed by atoms with E-state index in [1.807, 2.05) is 21.1 Å². The van der Waals surface area contributed by atoms with Gasteiger partial charge in [-0.25, -0.2) is 4.57 Å². The summed E-state index contributed by atoms with van der Waals surface area (Å²) in [5, 5.41) is 0. The maximum Gasteiger partial charge on any atom is 0.472 e. The number of nitrogens with zero attached hydrogens (tertiary/aromatic N) is 1. The van der Waals surface area contributed by atoms with Crippen LogP contribution in [-0.4, -0.2) is 74.9 Å². The minimum atomic E-state index is -4.40. The molecule has 0 aromatic carbocycles. The molecule has 0 aliphatic carbocycles. The van der Waals surface area contributed by atoms with Crippen LogP contribution in [0.25, 0.3) is 0 Å². The highest BCUT2D eigenvalue weighted by molar-refractivity contribution is 7.47. The molecular formula is C57H101NO8P+. The van der Waals surface area contributed by atoms with Gasteiger partial charge in [-0.3, -0.25) is 18.6 Å². The molecule has 0 rings (SSSR count). The fourth-order valence-electron chi connectivity index (χ4n) is 7.05. The van der Waals surface area contributed by atoms with Crippen molar-refractivity contribution in [3.8, 4) is 0 Å². The van der Waals surface area contributed by atoms with Gasteiger partial charge in [0.25, 0.3) is 0 Å². The van der Waals surface area contributed by atoms with Gasteiger partial charge in [0.2, 0.25) is 0 Å². The van der Waals surface area contributed by atoms with Crippen molar-refractivity contribution < 1.29 is 42.1 Å². The average molecular weight is 959 g/mol. The third-order valence-corrected chi connectivity index (χ3v) is 12.2. The Morgan fingerprint density at radius 1 is 0.478 bits per heavy atom. The standard InChI is InChI=1S/C57H100NO8P/c1-6-8-10-12-14-16-18-20-22-24-26-27-28-29-30-31-32-34-36-38-40-42-44-46-48-50-57(60)66-55(54-65-67(61,62)64-52-51-58(3,4)5)53-63-56(59)49-47-45-43-41-39-37-35-33-25-23-21-19-17-15-13-11-9-7-2/h8,10,14,16,20,22,26-27,29-30,32,34,38,40,55H,6-7,9,11-13,15,17-19,21,23-25,28,31,33,35-37,39,41-54H2,1-5H3/p+1/b10-8-,16-14-,22-20-,27-26-,30-29-,34-32-,40-38-. The lowest BCUT2D eigenvalue weighted by Crippen LogP contribution is -2.37. The molecule has 0 aliphatic heterocycles. The van der Waals surface area contributed by atoms with Gasteiger partial charge in [-0.05, 0) is 70.6 Å². The zero-order chi connectivity index (χ0) is 49.2. The highest BCUT2D eigenvalue weighted by Gasteiger charge is 2.27. The topological polar surface area (TPSA) is 108 Å². The summed E-state index contributed by atoms with van der Waals surface area (Å²) in [7, 11) is 1.45. The zero-order valence-electron chi connectivity index (χ0n) is 43.6. The average Bonchev–Trinajstić information content (AvgIpc) is 3.29. The van der Waals surface area contributed by atoms with Crippen LogP contribution in [0.15, 0.2) is 85.1 Å². The fourth-order valence-corrected chi connectivity index (χ4v) is 7.80. The van der Waals surface area contributed by atoms with E-state index < -0.39 is 26.5 Å². The van der Waals surface area contributed by atoms with Gasteiger partial charge in [-0.15, -0.1) is 0 Å². The number of hydrogen-bond donors (Lipinski definition) is 1. The summed E-state index contributed by atoms with van der Waals surface area (Å²) in [5.74, 6) is -0.835. The summed E-state index contributed by atoms with van der Waals surface area (Å²) < 4.78 is 34.5. The highest BCUT2D eigenvalue weighted by atomic mass is 31.2. The number of hydrogen-bond acceptors (Lipinski definition) is 7. The first kappa shape index (κ1) is 64.2. The van der Waals surface area contributed by atoms with Crippen LogP contribution in [0.1, 0.15) is 213 Å². The minimum Gasteiger partial charge on any atom is -0.462 e. The molecule has 10 heteroatoms. The van der Waals surface area contributed by atoms with Crippen molar-refractivity contribution in [2.75, 3.05) is 47.5 Å². The molecule has 0 amide bonds. The molecule has 2 unspecified atom stereocenters. The third kappa shape index (κ3) is 52.4. The number of phosphoric ester groups is 1. The van der Waals surface area contributed by atoms with Gasteiger partial charge in [-0.1, -0.05) is 214 Å². The molecular weight excluding hydrogens is 858 g/mol. The van der Waals surface area contributed by atoms with Gasteiger partial charge in [-0.2, -0.15) is 0 Å². The van der Waals surface area contributed by atoms with Gasteiger partial charge in [0, 0.05) is 12.8 Å². The lowest BCUT2D eigenvalue weighted by molar-refractivity contribution is -0.870. The van der Waals surface area contributed by atoms with Crippen LogP contribution in [0.3, 0.4) is 0 Å². The van der Waals surface area contributed by atoms with Crippen LogP contribution in [0.2, 0.25) is 0 Å². The van der Waals surface area contributed by atoms with Crippen LogP contribution in [0.4, 0.5) is 0 Å². The largest absolute Gasteiger partial charge is 0.472 e. The second-order valence-corrected chi connectivity index (χ2v) is 20.3. The molecule has 0 spiro atoms. The summed E-state index contributed by atoms with van der Waals surface area (Å²) in [6.07, 6.45) is 63.5. The number of likely N-dealkylation sites (N-methyl/N-ethyl adjacent to an activating group) is 1. The van der Waals surface area contributed by atoms with Crippen molar-refractivity contribution in [1.82, 2.24) is 0 Å². The van der Waals surface area contributed by atoms with Crippen LogP contribution >= 0.6 is 7.82 Å². The molecule has 0 saturated heterocycles. The Kier molecular flexibility index (Phi) is 46.2. The molecule has 0 aliphatic rings. The molecule has 386 valence electrons. The number of phosphoric acid groups is 1. The summed E-state index contributed by atoms with van der Waals surface area (Å²) >= 11 is 0. The molecule has 2 atom stereocenters.